The second kappa shape index (κ2) is 10.3. The second-order valence-corrected chi connectivity index (χ2v) is 7.06. The minimum atomic E-state index is -0.0590. The summed E-state index contributed by atoms with van der Waals surface area (Å²) in [6.07, 6.45) is 3.35. The number of nitrogens with one attached hydrogen (secondary N) is 3. The molecule has 0 aromatic rings. The molecular formula is C14H24N6O3S. The zero-order chi connectivity index (χ0) is 17.2. The van der Waals surface area contributed by atoms with E-state index in [1.54, 1.807) is 0 Å². The van der Waals surface area contributed by atoms with E-state index in [9.17, 15) is 9.59 Å². The van der Waals surface area contributed by atoms with Crippen molar-refractivity contribution < 1.29 is 14.3 Å². The molecule has 3 amide bonds. The number of rotatable bonds is 11. The minimum absolute atomic E-state index is 0.0291. The van der Waals surface area contributed by atoms with Crippen molar-refractivity contribution in [1.82, 2.24) is 16.0 Å². The number of azide groups is 1. The highest BCUT2D eigenvalue weighted by atomic mass is 32.2. The number of carbonyl (C=O) groups excluding carboxylic acids is 2. The van der Waals surface area contributed by atoms with E-state index in [4.69, 9.17) is 10.3 Å². The van der Waals surface area contributed by atoms with E-state index in [0.29, 0.717) is 38.0 Å². The van der Waals surface area contributed by atoms with Gasteiger partial charge in [0.1, 0.15) is 0 Å². The van der Waals surface area contributed by atoms with Crippen molar-refractivity contribution in [3.05, 3.63) is 10.4 Å². The predicted octanol–water partition coefficient (Wildman–Crippen LogP) is 1.16. The number of hydrogen-bond donors (Lipinski definition) is 3. The topological polar surface area (TPSA) is 128 Å². The average molecular weight is 356 g/mol. The highest BCUT2D eigenvalue weighted by Crippen LogP contribution is 2.33. The van der Waals surface area contributed by atoms with E-state index in [-0.39, 0.29) is 24.0 Å². The number of hydrogen-bond acceptors (Lipinski definition) is 5. The number of carbonyl (C=O) groups is 2. The van der Waals surface area contributed by atoms with Crippen molar-refractivity contribution in [1.29, 1.82) is 0 Å². The van der Waals surface area contributed by atoms with Crippen LogP contribution in [-0.4, -0.2) is 61.3 Å². The fourth-order valence-electron chi connectivity index (χ4n) is 2.88. The van der Waals surface area contributed by atoms with Crippen LogP contribution >= 0.6 is 11.8 Å². The van der Waals surface area contributed by atoms with Crippen molar-refractivity contribution in [2.24, 2.45) is 5.11 Å². The SMILES string of the molecule is [N-]=[N+]=NCCOCCNC(=O)CCCC[C@H]1SC[C@H]2NC(=O)N[C@H]21. The Bertz CT molecular complexity index is 485. The molecule has 2 fully saturated rings. The smallest absolute Gasteiger partial charge is 0.315 e. The molecule has 2 saturated heterocycles. The van der Waals surface area contributed by atoms with Gasteiger partial charge in [-0.25, -0.2) is 4.79 Å². The molecule has 9 nitrogen and oxygen atoms in total. The first-order valence-corrected chi connectivity index (χ1v) is 9.29. The van der Waals surface area contributed by atoms with Gasteiger partial charge in [0.05, 0.1) is 25.3 Å². The molecular weight excluding hydrogens is 332 g/mol. The van der Waals surface area contributed by atoms with Gasteiger partial charge in [-0.15, -0.1) is 0 Å². The Kier molecular flexibility index (Phi) is 8.00. The quantitative estimate of drug-likeness (QED) is 0.169. The number of nitrogens with zero attached hydrogens (tertiary/aromatic N) is 3. The second-order valence-electron chi connectivity index (χ2n) is 5.78. The first kappa shape index (κ1) is 18.7. The summed E-state index contributed by atoms with van der Waals surface area (Å²) in [6.45, 7) is 1.56. The zero-order valence-electron chi connectivity index (χ0n) is 13.6. The molecule has 0 aliphatic carbocycles. The summed E-state index contributed by atoms with van der Waals surface area (Å²) in [5.41, 5.74) is 8.09. The van der Waals surface area contributed by atoms with E-state index in [2.05, 4.69) is 26.0 Å². The van der Waals surface area contributed by atoms with Crippen molar-refractivity contribution in [2.45, 2.75) is 43.0 Å². The standard InChI is InChI=1S/C14H24N6O3S/c15-20-17-6-8-23-7-5-16-12(21)4-2-1-3-11-13-10(9-24-11)18-14(22)19-13/h10-11,13H,1-9H2,(H,16,21)(H2,18,19,22)/t10-,11-,13-/m1/s1. The molecule has 24 heavy (non-hydrogen) atoms. The summed E-state index contributed by atoms with van der Waals surface area (Å²) in [5.74, 6) is 0.996. The van der Waals surface area contributed by atoms with Crippen LogP contribution in [0.1, 0.15) is 25.7 Å². The van der Waals surface area contributed by atoms with Gasteiger partial charge < -0.3 is 20.7 Å². The number of thioether (sulfide) groups is 1. The molecule has 2 aliphatic rings. The predicted molar refractivity (Wildman–Crippen MR) is 91.8 cm³/mol. The zero-order valence-corrected chi connectivity index (χ0v) is 14.4. The Balaban J connectivity index is 1.45. The van der Waals surface area contributed by atoms with Crippen molar-refractivity contribution in [3.8, 4) is 0 Å². The summed E-state index contributed by atoms with van der Waals surface area (Å²) in [5, 5.41) is 12.5. The van der Waals surface area contributed by atoms with Crippen LogP contribution < -0.4 is 16.0 Å². The molecule has 0 radical (unpaired) electrons. The maximum atomic E-state index is 11.7. The third-order valence-corrected chi connectivity index (χ3v) is 5.56. The molecule has 134 valence electrons. The van der Waals surface area contributed by atoms with Crippen molar-refractivity contribution in [2.75, 3.05) is 32.1 Å². The lowest BCUT2D eigenvalue weighted by Crippen LogP contribution is -2.36. The number of fused-ring (bicyclic) bond motifs is 1. The summed E-state index contributed by atoms with van der Waals surface area (Å²) in [7, 11) is 0. The maximum Gasteiger partial charge on any atom is 0.315 e. The Morgan fingerprint density at radius 2 is 2.29 bits per heavy atom. The number of unbranched alkanes of at least 4 members (excludes halogenated alkanes) is 1. The van der Waals surface area contributed by atoms with Crippen LogP contribution in [0.15, 0.2) is 5.11 Å². The van der Waals surface area contributed by atoms with E-state index in [1.165, 1.54) is 0 Å². The summed E-state index contributed by atoms with van der Waals surface area (Å²) < 4.78 is 5.21. The number of ether oxygens (including phenoxy) is 1. The van der Waals surface area contributed by atoms with Crippen molar-refractivity contribution >= 4 is 23.7 Å². The first-order chi connectivity index (χ1) is 11.7. The lowest BCUT2D eigenvalue weighted by atomic mass is 10.0. The maximum absolute atomic E-state index is 11.7. The summed E-state index contributed by atoms with van der Waals surface area (Å²) in [6, 6.07) is 0.435. The van der Waals surface area contributed by atoms with Gasteiger partial charge in [-0.2, -0.15) is 11.8 Å². The number of amides is 3. The van der Waals surface area contributed by atoms with Crippen LogP contribution in [0, 0.1) is 0 Å². The molecule has 0 unspecified atom stereocenters. The van der Waals surface area contributed by atoms with Gasteiger partial charge in [-0.3, -0.25) is 4.79 Å². The fraction of sp³-hybridized carbons (Fsp3) is 0.857. The van der Waals surface area contributed by atoms with Crippen LogP contribution in [0.3, 0.4) is 0 Å². The van der Waals surface area contributed by atoms with E-state index in [1.807, 2.05) is 11.8 Å². The van der Waals surface area contributed by atoms with Crippen LogP contribution in [0.2, 0.25) is 0 Å². The van der Waals surface area contributed by atoms with Gasteiger partial charge in [0, 0.05) is 35.4 Å². The molecule has 0 aromatic carbocycles. The third kappa shape index (κ3) is 6.10. The molecule has 10 heteroatoms. The van der Waals surface area contributed by atoms with Crippen LogP contribution in [-0.2, 0) is 9.53 Å². The minimum Gasteiger partial charge on any atom is -0.379 e. The highest BCUT2D eigenvalue weighted by Gasteiger charge is 2.42. The van der Waals surface area contributed by atoms with Gasteiger partial charge in [0.25, 0.3) is 0 Å². The first-order valence-electron chi connectivity index (χ1n) is 8.24. The third-order valence-electron chi connectivity index (χ3n) is 4.05. The average Bonchev–Trinajstić information content (AvgIpc) is 3.10. The van der Waals surface area contributed by atoms with Crippen LogP contribution in [0.4, 0.5) is 4.79 Å². The lowest BCUT2D eigenvalue weighted by molar-refractivity contribution is -0.121. The molecule has 2 aliphatic heterocycles. The molecule has 2 rings (SSSR count). The van der Waals surface area contributed by atoms with Crippen molar-refractivity contribution in [3.63, 3.8) is 0 Å². The Hall–Kier alpha value is -1.64. The molecule has 0 saturated carbocycles. The summed E-state index contributed by atoms with van der Waals surface area (Å²) in [4.78, 5) is 25.6. The molecule has 3 N–H and O–H groups in total. The van der Waals surface area contributed by atoms with Gasteiger partial charge in [-0.1, -0.05) is 11.5 Å². The number of urea groups is 1. The lowest BCUT2D eigenvalue weighted by Gasteiger charge is -2.16. The Labute approximate surface area is 145 Å². The normalized spacial score (nSPS) is 24.7. The fourth-order valence-corrected chi connectivity index (χ4v) is 4.42. The molecule has 2 heterocycles. The largest absolute Gasteiger partial charge is 0.379 e. The van der Waals surface area contributed by atoms with Gasteiger partial charge in [-0.05, 0) is 18.4 Å². The van der Waals surface area contributed by atoms with Gasteiger partial charge in [0.15, 0.2) is 0 Å². The van der Waals surface area contributed by atoms with Gasteiger partial charge in [0.2, 0.25) is 5.91 Å². The molecule has 0 spiro atoms. The Morgan fingerprint density at radius 1 is 1.42 bits per heavy atom. The Morgan fingerprint density at radius 3 is 3.12 bits per heavy atom. The van der Waals surface area contributed by atoms with Crippen LogP contribution in [0.5, 0.6) is 0 Å². The monoisotopic (exact) mass is 356 g/mol. The van der Waals surface area contributed by atoms with E-state index >= 15 is 0 Å². The van der Waals surface area contributed by atoms with E-state index in [0.717, 1.165) is 25.0 Å². The van der Waals surface area contributed by atoms with Gasteiger partial charge >= 0.3 is 6.03 Å². The summed E-state index contributed by atoms with van der Waals surface area (Å²) >= 11 is 1.90. The molecule has 0 bridgehead atoms. The highest BCUT2D eigenvalue weighted by molar-refractivity contribution is 8.00. The van der Waals surface area contributed by atoms with Crippen LogP contribution in [0.25, 0.3) is 10.4 Å². The van der Waals surface area contributed by atoms with E-state index < -0.39 is 0 Å². The molecule has 3 atom stereocenters. The molecule has 0 aromatic heterocycles.